The number of aliphatic hydroxyl groups is 1. The Bertz CT molecular complexity index is 1350. The fourth-order valence-electron chi connectivity index (χ4n) is 5.20. The summed E-state index contributed by atoms with van der Waals surface area (Å²) < 4.78 is 44.5. The van der Waals surface area contributed by atoms with Gasteiger partial charge in [0, 0.05) is 75.7 Å². The number of nitrogens with one attached hydrogen (secondary N) is 1. The van der Waals surface area contributed by atoms with Gasteiger partial charge in [-0.15, -0.1) is 0 Å². The molecular weight excluding hydrogens is 563 g/mol. The fourth-order valence-corrected chi connectivity index (χ4v) is 5.45. The molecule has 2 aromatic heterocycles. The van der Waals surface area contributed by atoms with E-state index < -0.39 is 23.9 Å². The number of rotatable bonds is 8. The number of alkyl halides is 3. The average molecular weight is 594 g/mol. The number of hydrogen-bond donors (Lipinski definition) is 2. The zero-order valence-corrected chi connectivity index (χ0v) is 23.0. The van der Waals surface area contributed by atoms with Crippen molar-refractivity contribution in [1.82, 2.24) is 30.1 Å². The van der Waals surface area contributed by atoms with Gasteiger partial charge in [-0.05, 0) is 24.3 Å². The molecule has 1 atom stereocenters. The van der Waals surface area contributed by atoms with E-state index >= 15 is 0 Å². The number of anilines is 1. The molecule has 2 N–H and O–H groups in total. The van der Waals surface area contributed by atoms with Crippen LogP contribution in [0.15, 0.2) is 36.7 Å². The second-order valence-corrected chi connectivity index (χ2v) is 10.3. The van der Waals surface area contributed by atoms with Crippen molar-refractivity contribution >= 4 is 34.2 Å². The molecule has 0 radical (unpaired) electrons. The van der Waals surface area contributed by atoms with E-state index in [0.717, 1.165) is 44.4 Å². The Morgan fingerprint density at radius 3 is 2.41 bits per heavy atom. The van der Waals surface area contributed by atoms with Crippen LogP contribution in [0, 0.1) is 0 Å². The van der Waals surface area contributed by atoms with E-state index in [4.69, 9.17) is 21.3 Å². The van der Waals surface area contributed by atoms with Crippen molar-refractivity contribution in [3.8, 4) is 0 Å². The number of carbonyl (C=O) groups is 1. The van der Waals surface area contributed by atoms with Gasteiger partial charge in [-0.1, -0.05) is 11.6 Å². The molecule has 0 saturated carbocycles. The summed E-state index contributed by atoms with van der Waals surface area (Å²) in [7, 11) is 0. The predicted molar refractivity (Wildman–Crippen MR) is 147 cm³/mol. The summed E-state index contributed by atoms with van der Waals surface area (Å²) in [6, 6.07) is 6.65. The third kappa shape index (κ3) is 6.87. The number of halogens is 4. The molecule has 41 heavy (non-hydrogen) atoms. The molecule has 3 aromatic rings. The highest BCUT2D eigenvalue weighted by atomic mass is 35.5. The number of pyridine rings is 1. The second kappa shape index (κ2) is 12.8. The van der Waals surface area contributed by atoms with Gasteiger partial charge in [0.25, 0.3) is 5.91 Å². The van der Waals surface area contributed by atoms with Crippen molar-refractivity contribution in [3.63, 3.8) is 0 Å². The number of nitrogens with zero attached hydrogens (tertiary/aromatic N) is 6. The Balaban J connectivity index is 1.34. The minimum absolute atomic E-state index is 0.101. The maximum absolute atomic E-state index is 13.5. The molecule has 0 bridgehead atoms. The number of benzene rings is 1. The number of carbonyl (C=O) groups excluding carboxylic acids is 1. The number of ether oxygens (including phenoxy) is 1. The lowest BCUT2D eigenvalue weighted by molar-refractivity contribution is -0.145. The molecule has 0 aliphatic carbocycles. The predicted octanol–water partition coefficient (Wildman–Crippen LogP) is 2.61. The lowest BCUT2D eigenvalue weighted by Crippen LogP contribution is -2.47. The van der Waals surface area contributed by atoms with Crippen molar-refractivity contribution in [3.05, 3.63) is 58.6 Å². The largest absolute Gasteiger partial charge is 0.451 e. The van der Waals surface area contributed by atoms with E-state index in [-0.39, 0.29) is 23.7 Å². The van der Waals surface area contributed by atoms with E-state index in [1.165, 1.54) is 0 Å². The Kier molecular flexibility index (Phi) is 9.19. The highest BCUT2D eigenvalue weighted by Crippen LogP contribution is 2.29. The smallest absolute Gasteiger partial charge is 0.395 e. The minimum Gasteiger partial charge on any atom is -0.395 e. The summed E-state index contributed by atoms with van der Waals surface area (Å²) in [5.74, 6) is -0.837. The average Bonchev–Trinajstić information content (AvgIpc) is 2.98. The van der Waals surface area contributed by atoms with Crippen LogP contribution in [0.5, 0.6) is 0 Å². The van der Waals surface area contributed by atoms with Crippen LogP contribution in [-0.2, 0) is 10.9 Å². The van der Waals surface area contributed by atoms with Gasteiger partial charge >= 0.3 is 6.18 Å². The minimum atomic E-state index is -4.64. The van der Waals surface area contributed by atoms with Crippen molar-refractivity contribution in [2.75, 3.05) is 77.1 Å². The summed E-state index contributed by atoms with van der Waals surface area (Å²) in [5, 5.41) is 13.0. The number of fused-ring (bicyclic) bond motifs is 1. The standard InChI is InChI=1S/C27H31ClF3N7O3/c28-20-2-3-21-19(1-4-23(35-21)38-7-5-36(6-8-38)9-12-39)24(20)25(40)32-17-22(37-10-13-41-14-11-37)18-15-33-26(34-16-18)27(29,30)31/h1-4,15-16,22,39H,5-14,17H2,(H,32,40). The van der Waals surface area contributed by atoms with Crippen LogP contribution in [-0.4, -0.2) is 108 Å². The highest BCUT2D eigenvalue weighted by molar-refractivity contribution is 6.35. The van der Waals surface area contributed by atoms with Gasteiger partial charge in [0.05, 0.1) is 42.0 Å². The van der Waals surface area contributed by atoms with Crippen molar-refractivity contribution in [1.29, 1.82) is 0 Å². The Hall–Kier alpha value is -3.10. The zero-order valence-electron chi connectivity index (χ0n) is 22.3. The molecule has 0 spiro atoms. The molecule has 220 valence electrons. The van der Waals surface area contributed by atoms with Crippen molar-refractivity contribution in [2.45, 2.75) is 12.2 Å². The van der Waals surface area contributed by atoms with Crippen molar-refractivity contribution < 1.29 is 27.8 Å². The number of aliphatic hydroxyl groups excluding tert-OH is 1. The lowest BCUT2D eigenvalue weighted by Gasteiger charge is -2.35. The van der Waals surface area contributed by atoms with Crippen LogP contribution in [0.2, 0.25) is 5.02 Å². The third-order valence-corrected chi connectivity index (χ3v) is 7.71. The van der Waals surface area contributed by atoms with Gasteiger partial charge in [0.1, 0.15) is 5.82 Å². The molecule has 1 unspecified atom stereocenters. The Labute approximate surface area is 240 Å². The molecule has 1 aromatic carbocycles. The Morgan fingerprint density at radius 2 is 1.76 bits per heavy atom. The summed E-state index contributed by atoms with van der Waals surface area (Å²) in [5.41, 5.74) is 1.35. The first-order valence-electron chi connectivity index (χ1n) is 13.4. The summed E-state index contributed by atoms with van der Waals surface area (Å²) in [4.78, 5) is 31.7. The van der Waals surface area contributed by atoms with E-state index in [0.29, 0.717) is 49.3 Å². The monoisotopic (exact) mass is 593 g/mol. The fraction of sp³-hybridized carbons (Fsp3) is 0.481. The molecule has 10 nitrogen and oxygen atoms in total. The van der Waals surface area contributed by atoms with Gasteiger partial charge in [-0.25, -0.2) is 15.0 Å². The topological polar surface area (TPSA) is 107 Å². The molecule has 2 aliphatic rings. The number of aromatic nitrogens is 3. The van der Waals surface area contributed by atoms with E-state index in [9.17, 15) is 23.1 Å². The first kappa shape index (κ1) is 29.4. The van der Waals surface area contributed by atoms with Crippen LogP contribution in [0.4, 0.5) is 19.0 Å². The molecule has 1 amide bonds. The molecule has 2 saturated heterocycles. The van der Waals surface area contributed by atoms with Gasteiger partial charge in [-0.3, -0.25) is 14.6 Å². The summed E-state index contributed by atoms with van der Waals surface area (Å²) >= 11 is 6.50. The van der Waals surface area contributed by atoms with Gasteiger partial charge in [0.2, 0.25) is 5.82 Å². The first-order chi connectivity index (χ1) is 19.7. The lowest BCUT2D eigenvalue weighted by atomic mass is 10.1. The van der Waals surface area contributed by atoms with E-state index in [2.05, 4.69) is 25.1 Å². The second-order valence-electron chi connectivity index (χ2n) is 9.92. The van der Waals surface area contributed by atoms with Gasteiger partial charge < -0.3 is 20.1 Å². The number of β-amino-alcohol motifs (C(OH)–C–C–N with tert-alkyl or cyclic N) is 1. The molecule has 2 aliphatic heterocycles. The number of hydrogen-bond acceptors (Lipinski definition) is 9. The molecular formula is C27H31ClF3N7O3. The molecule has 14 heteroatoms. The van der Waals surface area contributed by atoms with Gasteiger partial charge in [-0.2, -0.15) is 13.2 Å². The third-order valence-electron chi connectivity index (χ3n) is 7.40. The van der Waals surface area contributed by atoms with Crippen LogP contribution in [0.1, 0.15) is 27.8 Å². The highest BCUT2D eigenvalue weighted by Gasteiger charge is 2.35. The zero-order chi connectivity index (χ0) is 29.0. The maximum Gasteiger partial charge on any atom is 0.451 e. The van der Waals surface area contributed by atoms with E-state index in [1.807, 2.05) is 17.0 Å². The quantitative estimate of drug-likeness (QED) is 0.408. The van der Waals surface area contributed by atoms with Crippen molar-refractivity contribution in [2.24, 2.45) is 0 Å². The maximum atomic E-state index is 13.5. The van der Waals surface area contributed by atoms with Crippen LogP contribution >= 0.6 is 11.6 Å². The number of piperazine rings is 1. The molecule has 4 heterocycles. The summed E-state index contributed by atoms with van der Waals surface area (Å²) in [6.07, 6.45) is -2.33. The van der Waals surface area contributed by atoms with E-state index in [1.54, 1.807) is 12.1 Å². The number of amides is 1. The summed E-state index contributed by atoms with van der Waals surface area (Å²) in [6.45, 7) is 6.08. The Morgan fingerprint density at radius 1 is 1.05 bits per heavy atom. The van der Waals surface area contributed by atoms with Crippen LogP contribution < -0.4 is 10.2 Å². The van der Waals surface area contributed by atoms with Crippen LogP contribution in [0.3, 0.4) is 0 Å². The molecule has 5 rings (SSSR count). The van der Waals surface area contributed by atoms with Gasteiger partial charge in [0.15, 0.2) is 0 Å². The SMILES string of the molecule is O=C(NCC(c1cnc(C(F)(F)F)nc1)N1CCOCC1)c1c(Cl)ccc2nc(N3CCN(CCO)CC3)ccc12. The molecule has 2 fully saturated rings. The first-order valence-corrected chi connectivity index (χ1v) is 13.8. The normalized spacial score (nSPS) is 18.0. The van der Waals surface area contributed by atoms with Crippen LogP contribution in [0.25, 0.3) is 10.9 Å². The number of morpholine rings is 1.